The lowest BCUT2D eigenvalue weighted by Gasteiger charge is -2.32. The van der Waals surface area contributed by atoms with E-state index in [0.29, 0.717) is 23.3 Å². The molecule has 2 aromatic rings. The van der Waals surface area contributed by atoms with Crippen molar-refractivity contribution in [1.29, 1.82) is 0 Å². The van der Waals surface area contributed by atoms with Crippen LogP contribution in [0, 0.1) is 13.8 Å². The van der Waals surface area contributed by atoms with Gasteiger partial charge >= 0.3 is 0 Å². The maximum absolute atomic E-state index is 12.9. The molecular formula is C20H24N2O6S. The summed E-state index contributed by atoms with van der Waals surface area (Å²) in [5.74, 6) is -2.40. The van der Waals surface area contributed by atoms with E-state index in [0.717, 1.165) is 17.7 Å². The fourth-order valence-corrected chi connectivity index (χ4v) is 5.15. The number of phenols is 3. The molecule has 0 aliphatic carbocycles. The van der Waals surface area contributed by atoms with Gasteiger partial charge in [-0.1, -0.05) is 17.7 Å². The van der Waals surface area contributed by atoms with E-state index in [1.165, 1.54) is 4.31 Å². The second-order valence-corrected chi connectivity index (χ2v) is 9.19. The number of hydrogen-bond acceptors (Lipinski definition) is 6. The number of phenolic OH excluding ortho intramolecular Hbond substituents is 3. The van der Waals surface area contributed by atoms with Gasteiger partial charge in [-0.25, -0.2) is 8.42 Å². The molecule has 2 aromatic carbocycles. The summed E-state index contributed by atoms with van der Waals surface area (Å²) in [6.45, 7) is 4.22. The molecule has 0 radical (unpaired) electrons. The lowest BCUT2D eigenvalue weighted by molar-refractivity contribution is 0.0923. The minimum Gasteiger partial charge on any atom is -0.504 e. The minimum atomic E-state index is -3.60. The quantitative estimate of drug-likeness (QED) is 0.561. The third-order valence-corrected chi connectivity index (χ3v) is 7.13. The Balaban J connectivity index is 1.65. The first-order valence-corrected chi connectivity index (χ1v) is 10.7. The molecule has 1 fully saturated rings. The molecule has 1 heterocycles. The topological polar surface area (TPSA) is 127 Å². The van der Waals surface area contributed by atoms with Crippen LogP contribution in [0.1, 0.15) is 34.3 Å². The van der Waals surface area contributed by atoms with Crippen LogP contribution in [0.5, 0.6) is 17.2 Å². The van der Waals surface area contributed by atoms with Crippen LogP contribution in [-0.2, 0) is 10.0 Å². The van der Waals surface area contributed by atoms with Gasteiger partial charge in [0.25, 0.3) is 5.91 Å². The van der Waals surface area contributed by atoms with E-state index in [2.05, 4.69) is 5.32 Å². The molecule has 29 heavy (non-hydrogen) atoms. The van der Waals surface area contributed by atoms with Gasteiger partial charge in [-0.2, -0.15) is 4.31 Å². The second kappa shape index (κ2) is 7.92. The Morgan fingerprint density at radius 1 is 1.03 bits per heavy atom. The van der Waals surface area contributed by atoms with Gasteiger partial charge in [0.2, 0.25) is 10.0 Å². The Hall–Kier alpha value is -2.78. The zero-order chi connectivity index (χ0) is 21.3. The highest BCUT2D eigenvalue weighted by Gasteiger charge is 2.31. The molecule has 3 rings (SSSR count). The van der Waals surface area contributed by atoms with Crippen molar-refractivity contribution in [2.75, 3.05) is 13.1 Å². The zero-order valence-corrected chi connectivity index (χ0v) is 17.0. The number of nitrogens with one attached hydrogen (secondary N) is 1. The van der Waals surface area contributed by atoms with Crippen molar-refractivity contribution in [2.45, 2.75) is 37.6 Å². The molecular weight excluding hydrogens is 396 g/mol. The summed E-state index contributed by atoms with van der Waals surface area (Å²) in [6.07, 6.45) is 0.873. The fraction of sp³-hybridized carbons (Fsp3) is 0.350. The molecule has 0 unspecified atom stereocenters. The number of piperidine rings is 1. The molecule has 9 heteroatoms. The van der Waals surface area contributed by atoms with Crippen molar-refractivity contribution in [3.8, 4) is 17.2 Å². The minimum absolute atomic E-state index is 0.00290. The molecule has 8 nitrogen and oxygen atoms in total. The Kier molecular flexibility index (Phi) is 5.72. The van der Waals surface area contributed by atoms with E-state index < -0.39 is 33.2 Å². The number of rotatable bonds is 4. The average Bonchev–Trinajstić information content (AvgIpc) is 2.65. The summed E-state index contributed by atoms with van der Waals surface area (Å²) in [5, 5.41) is 31.2. The summed E-state index contributed by atoms with van der Waals surface area (Å²) < 4.78 is 27.3. The number of nitrogens with zero attached hydrogens (tertiary/aromatic N) is 1. The Bertz CT molecular complexity index is 1020. The van der Waals surface area contributed by atoms with E-state index in [9.17, 15) is 28.5 Å². The summed E-state index contributed by atoms with van der Waals surface area (Å²) in [5.41, 5.74) is 1.70. The van der Waals surface area contributed by atoms with Crippen molar-refractivity contribution in [3.05, 3.63) is 47.0 Å². The van der Waals surface area contributed by atoms with E-state index in [1.807, 2.05) is 13.0 Å². The van der Waals surface area contributed by atoms with Gasteiger partial charge in [0.05, 0.1) is 4.90 Å². The van der Waals surface area contributed by atoms with Crippen molar-refractivity contribution < 1.29 is 28.5 Å². The van der Waals surface area contributed by atoms with E-state index >= 15 is 0 Å². The van der Waals surface area contributed by atoms with Crippen LogP contribution < -0.4 is 5.32 Å². The number of benzene rings is 2. The van der Waals surface area contributed by atoms with Crippen molar-refractivity contribution in [3.63, 3.8) is 0 Å². The average molecular weight is 420 g/mol. The number of hydrogen-bond donors (Lipinski definition) is 4. The highest BCUT2D eigenvalue weighted by Crippen LogP contribution is 2.35. The van der Waals surface area contributed by atoms with Crippen LogP contribution in [0.25, 0.3) is 0 Å². The maximum atomic E-state index is 12.9. The monoisotopic (exact) mass is 420 g/mol. The molecule has 4 N–H and O–H groups in total. The van der Waals surface area contributed by atoms with E-state index in [4.69, 9.17) is 0 Å². The standard InChI is InChI=1S/C20H24N2O6S/c1-12-3-4-18(13(2)9-12)29(27,28)22-7-5-15(6-8-22)21-20(26)14-10-16(23)19(25)17(24)11-14/h3-4,9-11,15,23-25H,5-8H2,1-2H3,(H,21,26). The second-order valence-electron chi connectivity index (χ2n) is 7.28. The molecule has 1 saturated heterocycles. The number of carbonyl (C=O) groups excluding carboxylic acids is 1. The number of aryl methyl sites for hydroxylation is 2. The highest BCUT2D eigenvalue weighted by atomic mass is 32.2. The number of sulfonamides is 1. The van der Waals surface area contributed by atoms with Gasteiger partial charge < -0.3 is 20.6 Å². The number of carbonyl (C=O) groups is 1. The molecule has 0 atom stereocenters. The lowest BCUT2D eigenvalue weighted by atomic mass is 10.1. The third kappa shape index (κ3) is 4.30. The predicted molar refractivity (Wildman–Crippen MR) is 107 cm³/mol. The van der Waals surface area contributed by atoms with E-state index in [-0.39, 0.29) is 24.7 Å². The highest BCUT2D eigenvalue weighted by molar-refractivity contribution is 7.89. The molecule has 1 amide bonds. The van der Waals surface area contributed by atoms with Crippen molar-refractivity contribution >= 4 is 15.9 Å². The first-order valence-electron chi connectivity index (χ1n) is 9.23. The van der Waals surface area contributed by atoms with Crippen LogP contribution in [0.2, 0.25) is 0 Å². The van der Waals surface area contributed by atoms with Crippen LogP contribution in [0.15, 0.2) is 35.2 Å². The van der Waals surface area contributed by atoms with Crippen LogP contribution >= 0.6 is 0 Å². The summed E-state index contributed by atoms with van der Waals surface area (Å²) in [6, 6.07) is 7.11. The normalized spacial score (nSPS) is 15.9. The molecule has 156 valence electrons. The van der Waals surface area contributed by atoms with Gasteiger partial charge in [-0.15, -0.1) is 0 Å². The Morgan fingerprint density at radius 2 is 1.62 bits per heavy atom. The summed E-state index contributed by atoms with van der Waals surface area (Å²) >= 11 is 0. The third-order valence-electron chi connectivity index (χ3n) is 5.07. The molecule has 1 aliphatic heterocycles. The lowest BCUT2D eigenvalue weighted by Crippen LogP contribution is -2.46. The van der Waals surface area contributed by atoms with Gasteiger partial charge in [-0.05, 0) is 50.5 Å². The number of aromatic hydroxyl groups is 3. The SMILES string of the molecule is Cc1ccc(S(=O)(=O)N2CCC(NC(=O)c3cc(O)c(O)c(O)c3)CC2)c(C)c1. The van der Waals surface area contributed by atoms with Crippen molar-refractivity contribution in [2.24, 2.45) is 0 Å². The molecule has 0 bridgehead atoms. The largest absolute Gasteiger partial charge is 0.504 e. The van der Waals surface area contributed by atoms with Gasteiger partial charge in [-0.3, -0.25) is 4.79 Å². The first-order chi connectivity index (χ1) is 13.6. The van der Waals surface area contributed by atoms with Crippen LogP contribution in [-0.4, -0.2) is 53.1 Å². The fourth-order valence-electron chi connectivity index (χ4n) is 3.47. The Morgan fingerprint density at radius 3 is 2.17 bits per heavy atom. The van der Waals surface area contributed by atoms with Gasteiger partial charge in [0.1, 0.15) is 0 Å². The Labute approximate surface area is 169 Å². The smallest absolute Gasteiger partial charge is 0.251 e. The summed E-state index contributed by atoms with van der Waals surface area (Å²) in [4.78, 5) is 12.7. The summed E-state index contributed by atoms with van der Waals surface area (Å²) in [7, 11) is -3.60. The first kappa shape index (κ1) is 20.9. The molecule has 0 aromatic heterocycles. The predicted octanol–water partition coefficient (Wildman–Crippen LogP) is 2.00. The van der Waals surface area contributed by atoms with Crippen LogP contribution in [0.3, 0.4) is 0 Å². The molecule has 0 spiro atoms. The van der Waals surface area contributed by atoms with E-state index in [1.54, 1.807) is 19.1 Å². The molecule has 1 aliphatic rings. The molecule has 0 saturated carbocycles. The maximum Gasteiger partial charge on any atom is 0.251 e. The van der Waals surface area contributed by atoms with Crippen molar-refractivity contribution in [1.82, 2.24) is 9.62 Å². The number of amides is 1. The van der Waals surface area contributed by atoms with Crippen LogP contribution in [0.4, 0.5) is 0 Å². The zero-order valence-electron chi connectivity index (χ0n) is 16.2. The van der Waals surface area contributed by atoms with Gasteiger partial charge in [0, 0.05) is 24.7 Å². The van der Waals surface area contributed by atoms with Gasteiger partial charge in [0.15, 0.2) is 17.2 Å².